The Morgan fingerprint density at radius 1 is 1.25 bits per heavy atom. The molecule has 2 N–H and O–H groups in total. The Morgan fingerprint density at radius 3 is 2.58 bits per heavy atom. The summed E-state index contributed by atoms with van der Waals surface area (Å²) in [6.07, 6.45) is 3.59. The number of aromatic nitrogens is 2. The molecule has 0 aliphatic carbocycles. The molecule has 24 heavy (non-hydrogen) atoms. The van der Waals surface area contributed by atoms with Crippen LogP contribution in [0.1, 0.15) is 25.3 Å². The third-order valence-electron chi connectivity index (χ3n) is 4.33. The van der Waals surface area contributed by atoms with Crippen LogP contribution in [0.5, 0.6) is 0 Å². The fourth-order valence-electron chi connectivity index (χ4n) is 2.95. The molecule has 128 valence electrons. The van der Waals surface area contributed by atoms with Gasteiger partial charge < -0.3 is 10.6 Å². The Hall–Kier alpha value is -2.15. The molecule has 0 saturated carbocycles. The van der Waals surface area contributed by atoms with E-state index in [0.717, 1.165) is 25.1 Å². The minimum Gasteiger partial charge on any atom is -0.382 e. The highest BCUT2D eigenvalue weighted by atomic mass is 32.2. The second kappa shape index (κ2) is 6.39. The molecule has 0 bridgehead atoms. The molecular weight excluding hydrogens is 324 g/mol. The van der Waals surface area contributed by atoms with Crippen molar-refractivity contribution in [1.82, 2.24) is 9.97 Å². The standard InChI is InChI=1S/C17H22N4O2S/c1-12-5-7-14(8-6-12)24(22,23)15-10-19-17(20-16(15)18)21-9-3-4-13(2)11-21/h5-8,10,13H,3-4,9,11H2,1-2H3,(H2,18,19,20)/t13-/m0/s1. The zero-order chi connectivity index (χ0) is 17.3. The van der Waals surface area contributed by atoms with Crippen molar-refractivity contribution in [2.75, 3.05) is 23.7 Å². The number of hydrogen-bond acceptors (Lipinski definition) is 6. The third-order valence-corrected chi connectivity index (χ3v) is 6.12. The smallest absolute Gasteiger partial charge is 0.227 e. The van der Waals surface area contributed by atoms with E-state index in [4.69, 9.17) is 5.73 Å². The number of benzene rings is 1. The van der Waals surface area contributed by atoms with Gasteiger partial charge in [0.25, 0.3) is 0 Å². The average Bonchev–Trinajstić information content (AvgIpc) is 2.55. The summed E-state index contributed by atoms with van der Waals surface area (Å²) in [6.45, 7) is 5.82. The number of nitrogens with zero attached hydrogens (tertiary/aromatic N) is 3. The molecule has 2 heterocycles. The molecule has 0 spiro atoms. The van der Waals surface area contributed by atoms with Crippen molar-refractivity contribution in [2.24, 2.45) is 5.92 Å². The maximum absolute atomic E-state index is 12.7. The molecular formula is C17H22N4O2S. The summed E-state index contributed by atoms with van der Waals surface area (Å²) < 4.78 is 25.5. The van der Waals surface area contributed by atoms with Gasteiger partial charge in [-0.1, -0.05) is 24.6 Å². The van der Waals surface area contributed by atoms with Gasteiger partial charge in [-0.05, 0) is 37.8 Å². The first kappa shape index (κ1) is 16.7. The van der Waals surface area contributed by atoms with E-state index in [1.165, 1.54) is 12.6 Å². The van der Waals surface area contributed by atoms with Gasteiger partial charge in [0, 0.05) is 13.1 Å². The fraction of sp³-hybridized carbons (Fsp3) is 0.412. The third kappa shape index (κ3) is 3.21. The molecule has 1 aromatic heterocycles. The first-order valence-electron chi connectivity index (χ1n) is 8.07. The maximum atomic E-state index is 12.7. The zero-order valence-corrected chi connectivity index (χ0v) is 14.8. The Balaban J connectivity index is 1.93. The van der Waals surface area contributed by atoms with Crippen LogP contribution in [0.25, 0.3) is 0 Å². The van der Waals surface area contributed by atoms with E-state index in [1.807, 2.05) is 6.92 Å². The molecule has 3 rings (SSSR count). The van der Waals surface area contributed by atoms with Crippen molar-refractivity contribution in [3.8, 4) is 0 Å². The Labute approximate surface area is 142 Å². The molecule has 1 aliphatic heterocycles. The highest BCUT2D eigenvalue weighted by molar-refractivity contribution is 7.91. The number of nitrogens with two attached hydrogens (primary N) is 1. The SMILES string of the molecule is Cc1ccc(S(=O)(=O)c2cnc(N3CCC[C@H](C)C3)nc2N)cc1. The Morgan fingerprint density at radius 2 is 1.96 bits per heavy atom. The zero-order valence-electron chi connectivity index (χ0n) is 13.9. The lowest BCUT2D eigenvalue weighted by Crippen LogP contribution is -2.35. The van der Waals surface area contributed by atoms with Crippen molar-refractivity contribution in [1.29, 1.82) is 0 Å². The number of nitrogen functional groups attached to an aromatic ring is 1. The first-order valence-corrected chi connectivity index (χ1v) is 9.55. The van der Waals surface area contributed by atoms with Crippen LogP contribution in [-0.2, 0) is 9.84 Å². The molecule has 1 fully saturated rings. The quantitative estimate of drug-likeness (QED) is 0.918. The number of piperidine rings is 1. The van der Waals surface area contributed by atoms with Crippen molar-refractivity contribution in [2.45, 2.75) is 36.5 Å². The summed E-state index contributed by atoms with van der Waals surface area (Å²) in [6, 6.07) is 6.66. The predicted molar refractivity (Wildman–Crippen MR) is 93.7 cm³/mol. The Bertz CT molecular complexity index is 834. The highest BCUT2D eigenvalue weighted by Crippen LogP contribution is 2.27. The summed E-state index contributed by atoms with van der Waals surface area (Å²) in [4.78, 5) is 10.7. The number of hydrogen-bond donors (Lipinski definition) is 1. The van der Waals surface area contributed by atoms with Crippen LogP contribution >= 0.6 is 0 Å². The first-order chi connectivity index (χ1) is 11.4. The van der Waals surface area contributed by atoms with Crippen molar-refractivity contribution >= 4 is 21.6 Å². The van der Waals surface area contributed by atoms with Crippen LogP contribution < -0.4 is 10.6 Å². The summed E-state index contributed by atoms with van der Waals surface area (Å²) >= 11 is 0. The number of anilines is 2. The van der Waals surface area contributed by atoms with Gasteiger partial charge in [-0.3, -0.25) is 0 Å². The molecule has 1 aliphatic rings. The second-order valence-corrected chi connectivity index (χ2v) is 8.35. The van der Waals surface area contributed by atoms with Crippen molar-refractivity contribution < 1.29 is 8.42 Å². The van der Waals surface area contributed by atoms with E-state index in [-0.39, 0.29) is 15.6 Å². The molecule has 0 unspecified atom stereocenters. The van der Waals surface area contributed by atoms with Gasteiger partial charge in [0.2, 0.25) is 15.8 Å². The predicted octanol–water partition coefficient (Wildman–Crippen LogP) is 2.44. The minimum atomic E-state index is -3.71. The summed E-state index contributed by atoms with van der Waals surface area (Å²) in [5.74, 6) is 1.07. The van der Waals surface area contributed by atoms with Gasteiger partial charge >= 0.3 is 0 Å². The molecule has 1 atom stereocenters. The van der Waals surface area contributed by atoms with Crippen molar-refractivity contribution in [3.63, 3.8) is 0 Å². The van der Waals surface area contributed by atoms with Gasteiger partial charge in [0.15, 0.2) is 0 Å². The molecule has 1 saturated heterocycles. The summed E-state index contributed by atoms with van der Waals surface area (Å²) in [5, 5.41) is 0. The van der Waals surface area contributed by atoms with Crippen molar-refractivity contribution in [3.05, 3.63) is 36.0 Å². The van der Waals surface area contributed by atoms with E-state index in [2.05, 4.69) is 21.8 Å². The van der Waals surface area contributed by atoms with Crippen LogP contribution in [0.2, 0.25) is 0 Å². The fourth-order valence-corrected chi connectivity index (χ4v) is 4.21. The van der Waals surface area contributed by atoms with E-state index in [1.54, 1.807) is 24.3 Å². The van der Waals surface area contributed by atoms with Gasteiger partial charge in [-0.2, -0.15) is 4.98 Å². The number of sulfone groups is 1. The largest absolute Gasteiger partial charge is 0.382 e. The lowest BCUT2D eigenvalue weighted by molar-refractivity contribution is 0.442. The molecule has 7 heteroatoms. The number of rotatable bonds is 3. The molecule has 1 aromatic carbocycles. The van der Waals surface area contributed by atoms with Gasteiger partial charge in [0.1, 0.15) is 10.7 Å². The van der Waals surface area contributed by atoms with Gasteiger partial charge in [-0.15, -0.1) is 0 Å². The van der Waals surface area contributed by atoms with E-state index in [9.17, 15) is 8.42 Å². The van der Waals surface area contributed by atoms with Crippen LogP contribution in [-0.4, -0.2) is 31.5 Å². The lowest BCUT2D eigenvalue weighted by atomic mass is 10.0. The van der Waals surface area contributed by atoms with E-state index < -0.39 is 9.84 Å². The molecule has 0 amide bonds. The topological polar surface area (TPSA) is 89.2 Å². The lowest BCUT2D eigenvalue weighted by Gasteiger charge is -2.31. The summed E-state index contributed by atoms with van der Waals surface area (Å²) in [7, 11) is -3.71. The minimum absolute atomic E-state index is 0.00111. The monoisotopic (exact) mass is 346 g/mol. The molecule has 6 nitrogen and oxygen atoms in total. The second-order valence-electron chi connectivity index (χ2n) is 6.43. The van der Waals surface area contributed by atoms with Crippen LogP contribution in [0.15, 0.2) is 40.3 Å². The van der Waals surface area contributed by atoms with E-state index in [0.29, 0.717) is 11.9 Å². The maximum Gasteiger partial charge on any atom is 0.227 e. The van der Waals surface area contributed by atoms with Gasteiger partial charge in [0.05, 0.1) is 11.1 Å². The van der Waals surface area contributed by atoms with Crippen LogP contribution in [0.3, 0.4) is 0 Å². The molecule has 0 radical (unpaired) electrons. The summed E-state index contributed by atoms with van der Waals surface area (Å²) in [5.41, 5.74) is 6.95. The normalized spacial score (nSPS) is 18.6. The van der Waals surface area contributed by atoms with Crippen LogP contribution in [0.4, 0.5) is 11.8 Å². The average molecular weight is 346 g/mol. The Kier molecular flexibility index (Phi) is 4.45. The van der Waals surface area contributed by atoms with Gasteiger partial charge in [-0.25, -0.2) is 13.4 Å². The number of aryl methyl sites for hydroxylation is 1. The molecule has 2 aromatic rings. The van der Waals surface area contributed by atoms with E-state index >= 15 is 0 Å². The highest BCUT2D eigenvalue weighted by Gasteiger charge is 2.24. The van der Waals surface area contributed by atoms with Crippen LogP contribution in [0, 0.1) is 12.8 Å².